The lowest BCUT2D eigenvalue weighted by Gasteiger charge is -2.23. The van der Waals surface area contributed by atoms with Crippen LogP contribution in [0.15, 0.2) is 36.5 Å². The van der Waals surface area contributed by atoms with E-state index in [1.165, 1.54) is 11.3 Å². The van der Waals surface area contributed by atoms with Crippen LogP contribution in [0.25, 0.3) is 0 Å². The number of ether oxygens (including phenoxy) is 1. The zero-order chi connectivity index (χ0) is 16.1. The molecule has 23 heavy (non-hydrogen) atoms. The van der Waals surface area contributed by atoms with Gasteiger partial charge in [0.25, 0.3) is 0 Å². The summed E-state index contributed by atoms with van der Waals surface area (Å²) in [5.41, 5.74) is 3.13. The molecule has 5 nitrogen and oxygen atoms in total. The first-order valence-electron chi connectivity index (χ1n) is 8.08. The molecule has 2 aromatic rings. The molecule has 0 radical (unpaired) electrons. The Balaban J connectivity index is 1.76. The smallest absolute Gasteiger partial charge is 0.0991 e. The van der Waals surface area contributed by atoms with Crippen molar-refractivity contribution in [1.82, 2.24) is 14.7 Å². The topological polar surface area (TPSA) is 54.1 Å². The van der Waals surface area contributed by atoms with Gasteiger partial charge in [-0.15, -0.1) is 0 Å². The quantitative estimate of drug-likeness (QED) is 0.851. The lowest BCUT2D eigenvalue weighted by Crippen LogP contribution is -2.30. The van der Waals surface area contributed by atoms with Crippen molar-refractivity contribution in [3.05, 3.63) is 53.3 Å². The summed E-state index contributed by atoms with van der Waals surface area (Å²) in [6, 6.07) is 12.2. The first-order chi connectivity index (χ1) is 11.3. The van der Waals surface area contributed by atoms with E-state index < -0.39 is 0 Å². The van der Waals surface area contributed by atoms with Gasteiger partial charge in [0, 0.05) is 44.9 Å². The molecule has 1 aliphatic rings. The predicted octanol–water partition coefficient (Wildman–Crippen LogP) is 2.42. The molecular weight excluding hydrogens is 288 g/mol. The van der Waals surface area contributed by atoms with Crippen LogP contribution in [0.4, 0.5) is 0 Å². The molecule has 5 heteroatoms. The van der Waals surface area contributed by atoms with Gasteiger partial charge < -0.3 is 4.74 Å². The molecule has 2 heterocycles. The normalized spacial score (nSPS) is 18.2. The molecule has 1 aromatic carbocycles. The standard InChI is InChI=1S/C18H22N4O/c1-2-23-14-17-11-21(13-18-6-7-20-22(18)12-17)10-16-5-3-4-15(8-16)9-19/h3-8,17H,2,10-14H2,1H3. The van der Waals surface area contributed by atoms with Crippen molar-refractivity contribution >= 4 is 0 Å². The molecule has 0 bridgehead atoms. The monoisotopic (exact) mass is 310 g/mol. The van der Waals surface area contributed by atoms with E-state index in [0.29, 0.717) is 11.5 Å². The number of nitrogens with zero attached hydrogens (tertiary/aromatic N) is 4. The van der Waals surface area contributed by atoms with E-state index in [1.807, 2.05) is 31.3 Å². The minimum absolute atomic E-state index is 0.426. The van der Waals surface area contributed by atoms with Gasteiger partial charge in [-0.05, 0) is 30.7 Å². The Morgan fingerprint density at radius 1 is 1.35 bits per heavy atom. The average molecular weight is 310 g/mol. The molecule has 0 saturated heterocycles. The summed E-state index contributed by atoms with van der Waals surface area (Å²) in [7, 11) is 0. The van der Waals surface area contributed by atoms with Gasteiger partial charge >= 0.3 is 0 Å². The van der Waals surface area contributed by atoms with Crippen LogP contribution in [0.3, 0.4) is 0 Å². The second-order valence-electron chi connectivity index (χ2n) is 6.01. The van der Waals surface area contributed by atoms with E-state index in [1.54, 1.807) is 0 Å². The SMILES string of the molecule is CCOCC1CN(Cc2cccc(C#N)c2)Cc2ccnn2C1. The highest BCUT2D eigenvalue weighted by atomic mass is 16.5. The van der Waals surface area contributed by atoms with E-state index in [4.69, 9.17) is 10.00 Å². The van der Waals surface area contributed by atoms with Crippen molar-refractivity contribution < 1.29 is 4.74 Å². The Morgan fingerprint density at radius 3 is 3.09 bits per heavy atom. The molecule has 1 aromatic heterocycles. The molecule has 1 atom stereocenters. The number of hydrogen-bond donors (Lipinski definition) is 0. The van der Waals surface area contributed by atoms with Crippen molar-refractivity contribution in [1.29, 1.82) is 5.26 Å². The van der Waals surface area contributed by atoms with Crippen LogP contribution in [-0.4, -0.2) is 34.4 Å². The summed E-state index contributed by atoms with van der Waals surface area (Å²) in [4.78, 5) is 2.42. The van der Waals surface area contributed by atoms with Gasteiger partial charge in [0.05, 0.1) is 23.9 Å². The van der Waals surface area contributed by atoms with E-state index in [0.717, 1.165) is 39.4 Å². The highest BCUT2D eigenvalue weighted by Crippen LogP contribution is 2.19. The molecule has 0 fully saturated rings. The van der Waals surface area contributed by atoms with Gasteiger partial charge in [-0.25, -0.2) is 0 Å². The molecular formula is C18H22N4O. The van der Waals surface area contributed by atoms with Crippen LogP contribution >= 0.6 is 0 Å². The van der Waals surface area contributed by atoms with Crippen molar-refractivity contribution in [3.8, 4) is 6.07 Å². The zero-order valence-corrected chi connectivity index (χ0v) is 13.5. The Morgan fingerprint density at radius 2 is 2.26 bits per heavy atom. The van der Waals surface area contributed by atoms with Crippen LogP contribution in [0.5, 0.6) is 0 Å². The number of hydrogen-bond acceptors (Lipinski definition) is 4. The van der Waals surface area contributed by atoms with E-state index in [9.17, 15) is 0 Å². The van der Waals surface area contributed by atoms with Crippen molar-refractivity contribution in [2.45, 2.75) is 26.6 Å². The fraction of sp³-hybridized carbons (Fsp3) is 0.444. The maximum atomic E-state index is 9.06. The molecule has 0 saturated carbocycles. The minimum atomic E-state index is 0.426. The maximum Gasteiger partial charge on any atom is 0.0991 e. The molecule has 120 valence electrons. The van der Waals surface area contributed by atoms with Crippen LogP contribution in [0.2, 0.25) is 0 Å². The first-order valence-corrected chi connectivity index (χ1v) is 8.08. The number of nitriles is 1. The Labute approximate surface area is 137 Å². The lowest BCUT2D eigenvalue weighted by molar-refractivity contribution is 0.0841. The number of fused-ring (bicyclic) bond motifs is 1. The van der Waals surface area contributed by atoms with Crippen LogP contribution in [0, 0.1) is 17.2 Å². The summed E-state index contributed by atoms with van der Waals surface area (Å²) in [5.74, 6) is 0.426. The molecule has 1 unspecified atom stereocenters. The molecule has 0 aliphatic carbocycles. The van der Waals surface area contributed by atoms with Gasteiger partial charge in [-0.1, -0.05) is 12.1 Å². The molecule has 0 amide bonds. The van der Waals surface area contributed by atoms with Crippen molar-refractivity contribution in [2.24, 2.45) is 5.92 Å². The highest BCUT2D eigenvalue weighted by Gasteiger charge is 2.22. The number of benzene rings is 1. The van der Waals surface area contributed by atoms with E-state index in [-0.39, 0.29) is 0 Å². The zero-order valence-electron chi connectivity index (χ0n) is 13.5. The van der Waals surface area contributed by atoms with Gasteiger partial charge in [0.2, 0.25) is 0 Å². The van der Waals surface area contributed by atoms with E-state index in [2.05, 4.69) is 32.9 Å². The Hall–Kier alpha value is -2.16. The molecule has 0 spiro atoms. The molecule has 3 rings (SSSR count). The van der Waals surface area contributed by atoms with Gasteiger partial charge in [0.1, 0.15) is 0 Å². The van der Waals surface area contributed by atoms with Gasteiger partial charge in [-0.2, -0.15) is 10.4 Å². The van der Waals surface area contributed by atoms with Crippen molar-refractivity contribution in [2.75, 3.05) is 19.8 Å². The van der Waals surface area contributed by atoms with Crippen LogP contribution in [0.1, 0.15) is 23.7 Å². The van der Waals surface area contributed by atoms with Crippen LogP contribution < -0.4 is 0 Å². The highest BCUT2D eigenvalue weighted by molar-refractivity contribution is 5.32. The Bertz CT molecular complexity index is 688. The third-order valence-corrected chi connectivity index (χ3v) is 4.16. The third-order valence-electron chi connectivity index (χ3n) is 4.16. The second kappa shape index (κ2) is 7.40. The number of rotatable bonds is 5. The summed E-state index contributed by atoms with van der Waals surface area (Å²) in [6.45, 7) is 7.11. The molecule has 0 N–H and O–H groups in total. The average Bonchev–Trinajstić information content (AvgIpc) is 2.92. The van der Waals surface area contributed by atoms with Crippen molar-refractivity contribution in [3.63, 3.8) is 0 Å². The maximum absolute atomic E-state index is 9.06. The summed E-state index contributed by atoms with van der Waals surface area (Å²) in [5, 5.41) is 13.5. The summed E-state index contributed by atoms with van der Waals surface area (Å²) in [6.07, 6.45) is 1.87. The lowest BCUT2D eigenvalue weighted by atomic mass is 10.1. The third kappa shape index (κ3) is 3.98. The minimum Gasteiger partial charge on any atom is -0.381 e. The predicted molar refractivity (Wildman–Crippen MR) is 87.5 cm³/mol. The van der Waals surface area contributed by atoms with E-state index >= 15 is 0 Å². The van der Waals surface area contributed by atoms with Gasteiger partial charge in [0.15, 0.2) is 0 Å². The fourth-order valence-corrected chi connectivity index (χ4v) is 3.13. The summed E-state index contributed by atoms with van der Waals surface area (Å²) >= 11 is 0. The largest absolute Gasteiger partial charge is 0.381 e. The second-order valence-corrected chi connectivity index (χ2v) is 6.01. The molecule has 1 aliphatic heterocycles. The first kappa shape index (κ1) is 15.7. The summed E-state index contributed by atoms with van der Waals surface area (Å²) < 4.78 is 7.74. The fourth-order valence-electron chi connectivity index (χ4n) is 3.13. The number of aromatic nitrogens is 2. The van der Waals surface area contributed by atoms with Gasteiger partial charge in [-0.3, -0.25) is 9.58 Å². The Kier molecular flexibility index (Phi) is 5.06. The van der Waals surface area contributed by atoms with Crippen LogP contribution in [-0.2, 0) is 24.4 Å².